The molecule has 20 heavy (non-hydrogen) atoms. The SMILES string of the molecule is C[C@H]1CCCN(C(=O)Nc2cccc3c2CCCC3)C1. The molecule has 2 amide bonds. The molecule has 1 atom stereocenters. The van der Waals surface area contributed by atoms with Gasteiger partial charge in [-0.1, -0.05) is 19.1 Å². The lowest BCUT2D eigenvalue weighted by Crippen LogP contribution is -2.41. The summed E-state index contributed by atoms with van der Waals surface area (Å²) in [5.74, 6) is 0.624. The van der Waals surface area contributed by atoms with Crippen LogP contribution in [0.25, 0.3) is 0 Å². The van der Waals surface area contributed by atoms with Crippen molar-refractivity contribution in [3.05, 3.63) is 29.3 Å². The van der Waals surface area contributed by atoms with Crippen molar-refractivity contribution in [1.82, 2.24) is 4.90 Å². The first kappa shape index (κ1) is 13.5. The van der Waals surface area contributed by atoms with Gasteiger partial charge in [0.05, 0.1) is 0 Å². The number of amides is 2. The predicted molar refractivity (Wildman–Crippen MR) is 82.1 cm³/mol. The van der Waals surface area contributed by atoms with Crippen molar-refractivity contribution >= 4 is 11.7 Å². The first-order valence-corrected chi connectivity index (χ1v) is 7.91. The Labute approximate surface area is 121 Å². The molecule has 1 aliphatic heterocycles. The van der Waals surface area contributed by atoms with Crippen LogP contribution in [0, 0.1) is 5.92 Å². The smallest absolute Gasteiger partial charge is 0.321 e. The summed E-state index contributed by atoms with van der Waals surface area (Å²) in [5, 5.41) is 3.15. The van der Waals surface area contributed by atoms with Gasteiger partial charge in [0.1, 0.15) is 0 Å². The second-order valence-electron chi connectivity index (χ2n) is 6.27. The van der Waals surface area contributed by atoms with Crippen molar-refractivity contribution in [3.8, 4) is 0 Å². The van der Waals surface area contributed by atoms with Crippen LogP contribution in [0.2, 0.25) is 0 Å². The number of urea groups is 1. The Morgan fingerprint density at radius 2 is 2.10 bits per heavy atom. The van der Waals surface area contributed by atoms with Crippen LogP contribution in [0.3, 0.4) is 0 Å². The lowest BCUT2D eigenvalue weighted by atomic mass is 9.90. The third-order valence-corrected chi connectivity index (χ3v) is 4.58. The van der Waals surface area contributed by atoms with Crippen LogP contribution in [0.4, 0.5) is 10.5 Å². The van der Waals surface area contributed by atoms with Crippen molar-refractivity contribution in [2.45, 2.75) is 45.4 Å². The first-order chi connectivity index (χ1) is 9.74. The number of fused-ring (bicyclic) bond motifs is 1. The molecule has 0 radical (unpaired) electrons. The molecule has 2 aliphatic rings. The predicted octanol–water partition coefficient (Wildman–Crippen LogP) is 3.83. The molecular weight excluding hydrogens is 248 g/mol. The molecule has 0 saturated carbocycles. The number of carbonyl (C=O) groups excluding carboxylic acids is 1. The zero-order chi connectivity index (χ0) is 13.9. The maximum absolute atomic E-state index is 12.4. The fourth-order valence-corrected chi connectivity index (χ4v) is 3.47. The number of likely N-dealkylation sites (tertiary alicyclic amines) is 1. The van der Waals surface area contributed by atoms with Gasteiger partial charge in [0, 0.05) is 18.8 Å². The zero-order valence-corrected chi connectivity index (χ0v) is 12.3. The number of aryl methyl sites for hydroxylation is 1. The van der Waals surface area contributed by atoms with Crippen LogP contribution in [0.15, 0.2) is 18.2 Å². The Hall–Kier alpha value is -1.51. The fourth-order valence-electron chi connectivity index (χ4n) is 3.47. The summed E-state index contributed by atoms with van der Waals surface area (Å²) < 4.78 is 0. The summed E-state index contributed by atoms with van der Waals surface area (Å²) in [7, 11) is 0. The molecule has 1 fully saturated rings. The summed E-state index contributed by atoms with van der Waals surface area (Å²) in [6.45, 7) is 4.01. The minimum Gasteiger partial charge on any atom is -0.324 e. The van der Waals surface area contributed by atoms with Gasteiger partial charge < -0.3 is 10.2 Å². The highest BCUT2D eigenvalue weighted by molar-refractivity contribution is 5.90. The highest BCUT2D eigenvalue weighted by Gasteiger charge is 2.22. The van der Waals surface area contributed by atoms with E-state index in [9.17, 15) is 4.79 Å². The van der Waals surface area contributed by atoms with Gasteiger partial charge in [0.2, 0.25) is 0 Å². The summed E-state index contributed by atoms with van der Waals surface area (Å²) in [5.41, 5.74) is 3.81. The molecule has 1 saturated heterocycles. The van der Waals surface area contributed by atoms with Gasteiger partial charge in [-0.15, -0.1) is 0 Å². The van der Waals surface area contributed by atoms with Gasteiger partial charge in [-0.05, 0) is 61.6 Å². The van der Waals surface area contributed by atoms with Crippen LogP contribution in [-0.2, 0) is 12.8 Å². The van der Waals surface area contributed by atoms with Crippen molar-refractivity contribution < 1.29 is 4.79 Å². The summed E-state index contributed by atoms with van der Waals surface area (Å²) >= 11 is 0. The summed E-state index contributed by atoms with van der Waals surface area (Å²) in [6, 6.07) is 6.40. The molecule has 0 spiro atoms. The molecule has 0 unspecified atom stereocenters. The largest absolute Gasteiger partial charge is 0.324 e. The molecule has 108 valence electrons. The number of benzene rings is 1. The highest BCUT2D eigenvalue weighted by atomic mass is 16.2. The van der Waals surface area contributed by atoms with Crippen LogP contribution >= 0.6 is 0 Å². The van der Waals surface area contributed by atoms with Crippen LogP contribution < -0.4 is 5.32 Å². The minimum absolute atomic E-state index is 0.0792. The van der Waals surface area contributed by atoms with E-state index in [0.29, 0.717) is 5.92 Å². The molecule has 0 bridgehead atoms. The number of anilines is 1. The van der Waals surface area contributed by atoms with Gasteiger partial charge in [-0.2, -0.15) is 0 Å². The maximum Gasteiger partial charge on any atom is 0.321 e. The molecular formula is C17H24N2O. The van der Waals surface area contributed by atoms with Crippen molar-refractivity contribution in [3.63, 3.8) is 0 Å². The molecule has 1 aliphatic carbocycles. The molecule has 0 aromatic heterocycles. The Balaban J connectivity index is 1.72. The van der Waals surface area contributed by atoms with Crippen LogP contribution in [0.1, 0.15) is 43.7 Å². The maximum atomic E-state index is 12.4. The van der Waals surface area contributed by atoms with Gasteiger partial charge >= 0.3 is 6.03 Å². The number of nitrogens with zero attached hydrogens (tertiary/aromatic N) is 1. The van der Waals surface area contributed by atoms with Crippen LogP contribution in [0.5, 0.6) is 0 Å². The Kier molecular flexibility index (Phi) is 3.95. The minimum atomic E-state index is 0.0792. The molecule has 1 N–H and O–H groups in total. The first-order valence-electron chi connectivity index (χ1n) is 7.91. The Morgan fingerprint density at radius 3 is 2.95 bits per heavy atom. The number of nitrogens with one attached hydrogen (secondary N) is 1. The van der Waals surface area contributed by atoms with E-state index in [2.05, 4.69) is 30.4 Å². The van der Waals surface area contributed by atoms with Gasteiger partial charge in [-0.25, -0.2) is 4.79 Å². The lowest BCUT2D eigenvalue weighted by Gasteiger charge is -2.31. The van der Waals surface area contributed by atoms with Crippen molar-refractivity contribution in [2.75, 3.05) is 18.4 Å². The Morgan fingerprint density at radius 1 is 1.25 bits per heavy atom. The normalized spacial score (nSPS) is 22.2. The van der Waals surface area contributed by atoms with Crippen LogP contribution in [-0.4, -0.2) is 24.0 Å². The highest BCUT2D eigenvalue weighted by Crippen LogP contribution is 2.28. The zero-order valence-electron chi connectivity index (χ0n) is 12.3. The lowest BCUT2D eigenvalue weighted by molar-refractivity contribution is 0.182. The number of hydrogen-bond acceptors (Lipinski definition) is 1. The number of hydrogen-bond donors (Lipinski definition) is 1. The second kappa shape index (κ2) is 5.86. The van der Waals surface area contributed by atoms with E-state index in [1.807, 2.05) is 4.90 Å². The number of rotatable bonds is 1. The van der Waals surface area contributed by atoms with E-state index in [-0.39, 0.29) is 6.03 Å². The number of carbonyl (C=O) groups is 1. The van der Waals surface area contributed by atoms with Gasteiger partial charge in [0.15, 0.2) is 0 Å². The quantitative estimate of drug-likeness (QED) is 0.828. The van der Waals surface area contributed by atoms with Crippen molar-refractivity contribution in [1.29, 1.82) is 0 Å². The number of piperidine rings is 1. The molecule has 1 aromatic carbocycles. The third-order valence-electron chi connectivity index (χ3n) is 4.58. The van der Waals surface area contributed by atoms with E-state index >= 15 is 0 Å². The fraction of sp³-hybridized carbons (Fsp3) is 0.588. The summed E-state index contributed by atoms with van der Waals surface area (Å²) in [6.07, 6.45) is 7.13. The van der Waals surface area contributed by atoms with E-state index in [0.717, 1.165) is 38.0 Å². The summed E-state index contributed by atoms with van der Waals surface area (Å²) in [4.78, 5) is 14.4. The van der Waals surface area contributed by atoms with Gasteiger partial charge in [-0.3, -0.25) is 0 Å². The van der Waals surface area contributed by atoms with E-state index in [1.54, 1.807) is 0 Å². The van der Waals surface area contributed by atoms with E-state index < -0.39 is 0 Å². The molecule has 1 heterocycles. The molecule has 3 heteroatoms. The second-order valence-corrected chi connectivity index (χ2v) is 6.27. The topological polar surface area (TPSA) is 32.3 Å². The molecule has 1 aromatic rings. The van der Waals surface area contributed by atoms with E-state index in [1.165, 1.54) is 30.4 Å². The third kappa shape index (κ3) is 2.82. The molecule has 3 rings (SSSR count). The average Bonchev–Trinajstić information content (AvgIpc) is 2.47. The monoisotopic (exact) mass is 272 g/mol. The molecule has 3 nitrogen and oxygen atoms in total. The standard InChI is InChI=1S/C17H24N2O/c1-13-6-5-11-19(12-13)17(20)18-16-10-4-8-14-7-2-3-9-15(14)16/h4,8,10,13H,2-3,5-7,9,11-12H2,1H3,(H,18,20)/t13-/m0/s1. The average molecular weight is 272 g/mol. The Bertz CT molecular complexity index is 498. The van der Waals surface area contributed by atoms with Gasteiger partial charge in [0.25, 0.3) is 0 Å². The van der Waals surface area contributed by atoms with Crippen molar-refractivity contribution in [2.24, 2.45) is 5.92 Å². The van der Waals surface area contributed by atoms with E-state index in [4.69, 9.17) is 0 Å².